The van der Waals surface area contributed by atoms with Crippen LogP contribution in [0.2, 0.25) is 0 Å². The molecule has 3 atom stereocenters. The molecular weight excluding hydrogens is 580 g/mol. The molecule has 2 aliphatic rings. The summed E-state index contributed by atoms with van der Waals surface area (Å²) in [5, 5.41) is 23.0. The van der Waals surface area contributed by atoms with Crippen LogP contribution in [0.1, 0.15) is 60.1 Å². The Morgan fingerprint density at radius 2 is 1.77 bits per heavy atom. The number of hydrogen-bond acceptors (Lipinski definition) is 7. The molecule has 1 saturated heterocycles. The normalized spacial score (nSPS) is 20.7. The number of halogens is 6. The standard InChI is InChI=1S/C29H29F6N5O3/c1-28(2,43)13-8-18(31)23(19(32)9-13)25-17(30)4-5-20(38-25)27(42)39-21-10-37-24-16(3-6-22(24)41)26(21)40-11-14(29(33,34)35)7-15(36)12-40/h4-5,8-10,14-15,22,41,43H,3,6-7,11-12,36H2,1-2H3,(H,39,42)/t14?,15-,22?/m0/s1. The molecule has 5 rings (SSSR count). The molecule has 1 amide bonds. The van der Waals surface area contributed by atoms with E-state index in [2.05, 4.69) is 15.3 Å². The summed E-state index contributed by atoms with van der Waals surface area (Å²) >= 11 is 0. The third-order valence-corrected chi connectivity index (χ3v) is 7.74. The minimum Gasteiger partial charge on any atom is -0.387 e. The maximum absolute atomic E-state index is 15.0. The number of nitrogens with zero attached hydrogens (tertiary/aromatic N) is 3. The van der Waals surface area contributed by atoms with E-state index in [1.165, 1.54) is 24.9 Å². The number of amides is 1. The lowest BCUT2D eigenvalue weighted by atomic mass is 9.93. The fraction of sp³-hybridized carbons (Fsp3) is 0.414. The molecule has 5 N–H and O–H groups in total. The number of aromatic nitrogens is 2. The van der Waals surface area contributed by atoms with Gasteiger partial charge < -0.3 is 26.2 Å². The first-order valence-corrected chi connectivity index (χ1v) is 13.5. The number of rotatable bonds is 5. The molecule has 0 saturated carbocycles. The average Bonchev–Trinajstić information content (AvgIpc) is 3.28. The molecule has 0 radical (unpaired) electrons. The number of pyridine rings is 2. The first kappa shape index (κ1) is 30.7. The van der Waals surface area contributed by atoms with Gasteiger partial charge in [-0.05, 0) is 62.9 Å². The van der Waals surface area contributed by atoms with Crippen molar-refractivity contribution in [2.75, 3.05) is 23.3 Å². The smallest absolute Gasteiger partial charge is 0.387 e. The maximum atomic E-state index is 15.0. The zero-order valence-electron chi connectivity index (χ0n) is 23.1. The van der Waals surface area contributed by atoms with Crippen molar-refractivity contribution in [2.24, 2.45) is 11.7 Å². The average molecular weight is 610 g/mol. The van der Waals surface area contributed by atoms with Crippen LogP contribution in [0.25, 0.3) is 11.3 Å². The van der Waals surface area contributed by atoms with Crippen LogP contribution in [-0.2, 0) is 12.0 Å². The molecule has 14 heteroatoms. The lowest BCUT2D eigenvalue weighted by molar-refractivity contribution is -0.177. The summed E-state index contributed by atoms with van der Waals surface area (Å²) < 4.78 is 85.9. The first-order chi connectivity index (χ1) is 20.0. The molecule has 2 unspecified atom stereocenters. The van der Waals surface area contributed by atoms with E-state index in [1.807, 2.05) is 0 Å². The van der Waals surface area contributed by atoms with Crippen molar-refractivity contribution >= 4 is 17.3 Å². The van der Waals surface area contributed by atoms with Gasteiger partial charge >= 0.3 is 6.18 Å². The number of aliphatic hydroxyl groups excluding tert-OH is 1. The van der Waals surface area contributed by atoms with Crippen molar-refractivity contribution < 1.29 is 41.4 Å². The molecular formula is C29H29F6N5O3. The van der Waals surface area contributed by atoms with Crippen LogP contribution >= 0.6 is 0 Å². The van der Waals surface area contributed by atoms with Gasteiger partial charge in [0.1, 0.15) is 28.8 Å². The van der Waals surface area contributed by atoms with E-state index in [4.69, 9.17) is 5.73 Å². The third kappa shape index (κ3) is 6.04. The maximum Gasteiger partial charge on any atom is 0.393 e. The van der Waals surface area contributed by atoms with Gasteiger partial charge in [-0.25, -0.2) is 18.2 Å². The van der Waals surface area contributed by atoms with Gasteiger partial charge in [-0.2, -0.15) is 13.2 Å². The number of nitrogens with one attached hydrogen (secondary N) is 1. The Bertz CT molecular complexity index is 1550. The van der Waals surface area contributed by atoms with Crippen molar-refractivity contribution in [2.45, 2.75) is 57.0 Å². The Kier molecular flexibility index (Phi) is 7.90. The molecule has 3 aromatic rings. The lowest BCUT2D eigenvalue weighted by Crippen LogP contribution is -2.51. The highest BCUT2D eigenvalue weighted by atomic mass is 19.4. The number of hydrogen-bond donors (Lipinski definition) is 4. The van der Waals surface area contributed by atoms with Crippen LogP contribution in [0.15, 0.2) is 30.5 Å². The van der Waals surface area contributed by atoms with Gasteiger partial charge in [0.05, 0.1) is 46.5 Å². The third-order valence-electron chi connectivity index (χ3n) is 7.74. The quantitative estimate of drug-likeness (QED) is 0.308. The van der Waals surface area contributed by atoms with E-state index in [9.17, 15) is 41.4 Å². The van der Waals surface area contributed by atoms with Crippen LogP contribution in [0.4, 0.5) is 37.7 Å². The number of anilines is 2. The Morgan fingerprint density at radius 1 is 1.09 bits per heavy atom. The summed E-state index contributed by atoms with van der Waals surface area (Å²) in [6, 6.07) is 2.63. The molecule has 0 bridgehead atoms. The van der Waals surface area contributed by atoms with Crippen molar-refractivity contribution in [1.82, 2.24) is 9.97 Å². The molecule has 1 aromatic carbocycles. The summed E-state index contributed by atoms with van der Waals surface area (Å²) in [5.41, 5.74) is 3.17. The molecule has 2 aromatic heterocycles. The number of alkyl halides is 3. The fourth-order valence-electron chi connectivity index (χ4n) is 5.60. The van der Waals surface area contributed by atoms with Gasteiger partial charge in [0.15, 0.2) is 0 Å². The topological polar surface area (TPSA) is 125 Å². The number of fused-ring (bicyclic) bond motifs is 1. The predicted molar refractivity (Wildman–Crippen MR) is 145 cm³/mol. The predicted octanol–water partition coefficient (Wildman–Crippen LogP) is 4.74. The van der Waals surface area contributed by atoms with Crippen LogP contribution in [-0.4, -0.2) is 51.4 Å². The van der Waals surface area contributed by atoms with Crippen LogP contribution in [0.5, 0.6) is 0 Å². The second-order valence-electron chi connectivity index (χ2n) is 11.4. The molecule has 43 heavy (non-hydrogen) atoms. The Hall–Kier alpha value is -3.75. The second-order valence-corrected chi connectivity index (χ2v) is 11.4. The summed E-state index contributed by atoms with van der Waals surface area (Å²) in [7, 11) is 0. The fourth-order valence-corrected chi connectivity index (χ4v) is 5.60. The van der Waals surface area contributed by atoms with Crippen molar-refractivity contribution in [1.29, 1.82) is 0 Å². The van der Waals surface area contributed by atoms with E-state index in [0.29, 0.717) is 5.56 Å². The number of carbonyl (C=O) groups excluding carboxylic acids is 1. The zero-order chi connectivity index (χ0) is 31.4. The molecule has 3 heterocycles. The van der Waals surface area contributed by atoms with Crippen molar-refractivity contribution in [3.05, 3.63) is 70.4 Å². The summed E-state index contributed by atoms with van der Waals surface area (Å²) in [4.78, 5) is 22.8. The van der Waals surface area contributed by atoms with Gasteiger partial charge in [0.2, 0.25) is 0 Å². The number of piperidine rings is 1. The summed E-state index contributed by atoms with van der Waals surface area (Å²) in [6.45, 7) is 2.23. The summed E-state index contributed by atoms with van der Waals surface area (Å²) in [6.07, 6.45) is -3.97. The van der Waals surface area contributed by atoms with Crippen molar-refractivity contribution in [3.63, 3.8) is 0 Å². The number of benzene rings is 1. The number of carbonyl (C=O) groups is 1. The van der Waals surface area contributed by atoms with Gasteiger partial charge in [-0.1, -0.05) is 0 Å². The largest absolute Gasteiger partial charge is 0.393 e. The van der Waals surface area contributed by atoms with Crippen LogP contribution in [0.3, 0.4) is 0 Å². The highest BCUT2D eigenvalue weighted by molar-refractivity contribution is 6.05. The lowest BCUT2D eigenvalue weighted by Gasteiger charge is -2.40. The molecule has 0 spiro atoms. The second kappa shape index (κ2) is 11.1. The number of nitrogens with two attached hydrogens (primary N) is 1. The Balaban J connectivity index is 1.52. The van der Waals surface area contributed by atoms with Crippen LogP contribution in [0, 0.1) is 23.4 Å². The van der Waals surface area contributed by atoms with Gasteiger partial charge in [0, 0.05) is 24.7 Å². The van der Waals surface area contributed by atoms with E-state index >= 15 is 0 Å². The van der Waals surface area contributed by atoms with Gasteiger partial charge in [-0.15, -0.1) is 0 Å². The Labute approximate surface area is 242 Å². The zero-order valence-corrected chi connectivity index (χ0v) is 23.1. The van der Waals surface area contributed by atoms with Gasteiger partial charge in [0.25, 0.3) is 5.91 Å². The molecule has 230 valence electrons. The molecule has 8 nitrogen and oxygen atoms in total. The van der Waals surface area contributed by atoms with E-state index in [-0.39, 0.29) is 48.4 Å². The summed E-state index contributed by atoms with van der Waals surface area (Å²) in [5.74, 6) is -6.25. The number of aliphatic hydroxyl groups is 2. The van der Waals surface area contributed by atoms with Crippen molar-refractivity contribution in [3.8, 4) is 11.3 Å². The van der Waals surface area contributed by atoms with E-state index in [1.54, 1.807) is 0 Å². The monoisotopic (exact) mass is 609 g/mol. The minimum atomic E-state index is -4.51. The SMILES string of the molecule is CC(C)(O)c1cc(F)c(-c2nc(C(=O)Nc3cnc4c(c3N3CC(C(F)(F)F)C[C@H](N)C3)CCC4O)ccc2F)c(F)c1. The van der Waals surface area contributed by atoms with Crippen LogP contribution < -0.4 is 16.0 Å². The molecule has 1 aliphatic heterocycles. The first-order valence-electron chi connectivity index (χ1n) is 13.5. The van der Waals surface area contributed by atoms with E-state index in [0.717, 1.165) is 24.3 Å². The van der Waals surface area contributed by atoms with Gasteiger partial charge in [-0.3, -0.25) is 9.78 Å². The van der Waals surface area contributed by atoms with E-state index < -0.39 is 76.7 Å². The highest BCUT2D eigenvalue weighted by Gasteiger charge is 2.45. The minimum absolute atomic E-state index is 0.00689. The highest BCUT2D eigenvalue weighted by Crippen LogP contribution is 2.43. The molecule has 1 aliphatic carbocycles. The molecule has 1 fully saturated rings. The Morgan fingerprint density at radius 3 is 2.40 bits per heavy atom.